The molecular formula is C26H30FN3O. The second-order valence-corrected chi connectivity index (χ2v) is 9.77. The van der Waals surface area contributed by atoms with E-state index >= 15 is 0 Å². The average molecular weight is 420 g/mol. The summed E-state index contributed by atoms with van der Waals surface area (Å²) >= 11 is 0. The Labute approximate surface area is 182 Å². The van der Waals surface area contributed by atoms with Crippen LogP contribution in [0.1, 0.15) is 38.3 Å². The highest BCUT2D eigenvalue weighted by atomic mass is 19.1. The Morgan fingerprint density at radius 2 is 1.94 bits per heavy atom. The predicted octanol–water partition coefficient (Wildman–Crippen LogP) is 5.57. The number of nitrogens with one attached hydrogen (secondary N) is 1. The van der Waals surface area contributed by atoms with Crippen LogP contribution in [0.3, 0.4) is 0 Å². The van der Waals surface area contributed by atoms with E-state index in [9.17, 15) is 4.39 Å². The van der Waals surface area contributed by atoms with Crippen LogP contribution < -0.4 is 4.90 Å². The third-order valence-electron chi connectivity index (χ3n) is 7.75. The smallest absolute Gasteiger partial charge is 0.151 e. The first-order valence-corrected chi connectivity index (χ1v) is 11.8. The van der Waals surface area contributed by atoms with Gasteiger partial charge in [-0.3, -0.25) is 0 Å². The van der Waals surface area contributed by atoms with E-state index in [2.05, 4.69) is 35.0 Å². The maximum absolute atomic E-state index is 14.9. The van der Waals surface area contributed by atoms with Gasteiger partial charge >= 0.3 is 0 Å². The molecule has 1 aliphatic carbocycles. The number of rotatable bonds is 4. The molecule has 4 nitrogen and oxygen atoms in total. The second kappa shape index (κ2) is 7.63. The summed E-state index contributed by atoms with van der Waals surface area (Å²) in [6, 6.07) is 11.9. The average Bonchev–Trinajstić information content (AvgIpc) is 3.55. The van der Waals surface area contributed by atoms with Crippen molar-refractivity contribution in [2.24, 2.45) is 17.8 Å². The number of hydrogen-bond acceptors (Lipinski definition) is 3. The molecule has 3 aromatic rings. The third kappa shape index (κ3) is 3.43. The number of pyridine rings is 1. The van der Waals surface area contributed by atoms with E-state index < -0.39 is 0 Å². The van der Waals surface area contributed by atoms with Crippen molar-refractivity contribution in [1.82, 2.24) is 9.97 Å². The number of anilines is 1. The van der Waals surface area contributed by atoms with Crippen LogP contribution in [0.5, 0.6) is 0 Å². The minimum Gasteiger partial charge on any atom is -0.377 e. The van der Waals surface area contributed by atoms with E-state index in [1.807, 2.05) is 12.1 Å². The van der Waals surface area contributed by atoms with E-state index in [0.717, 1.165) is 48.4 Å². The Kier molecular flexibility index (Phi) is 4.75. The van der Waals surface area contributed by atoms with E-state index in [4.69, 9.17) is 9.72 Å². The number of aromatic nitrogens is 2. The molecule has 3 fully saturated rings. The van der Waals surface area contributed by atoms with Crippen LogP contribution in [0.4, 0.5) is 10.1 Å². The summed E-state index contributed by atoms with van der Waals surface area (Å²) < 4.78 is 21.0. The summed E-state index contributed by atoms with van der Waals surface area (Å²) in [4.78, 5) is 10.5. The number of hydrogen-bond donors (Lipinski definition) is 1. The van der Waals surface area contributed by atoms with Gasteiger partial charge in [0.05, 0.1) is 17.1 Å². The lowest BCUT2D eigenvalue weighted by Gasteiger charge is -2.17. The van der Waals surface area contributed by atoms with E-state index in [0.29, 0.717) is 29.6 Å². The molecule has 0 radical (unpaired) electrons. The van der Waals surface area contributed by atoms with Gasteiger partial charge in [0, 0.05) is 42.7 Å². The molecule has 4 heterocycles. The highest BCUT2D eigenvalue weighted by Gasteiger charge is 2.44. The molecule has 4 unspecified atom stereocenters. The molecule has 1 aromatic carbocycles. The van der Waals surface area contributed by atoms with Crippen molar-refractivity contribution in [2.75, 3.05) is 24.6 Å². The van der Waals surface area contributed by atoms with Crippen molar-refractivity contribution < 1.29 is 9.13 Å². The molecule has 3 aliphatic rings. The van der Waals surface area contributed by atoms with Crippen LogP contribution >= 0.6 is 0 Å². The lowest BCUT2D eigenvalue weighted by molar-refractivity contribution is 0.0646. The van der Waals surface area contributed by atoms with Crippen molar-refractivity contribution in [3.63, 3.8) is 0 Å². The van der Waals surface area contributed by atoms with Crippen LogP contribution in [0.15, 0.2) is 36.4 Å². The van der Waals surface area contributed by atoms with Gasteiger partial charge in [0.25, 0.3) is 0 Å². The van der Waals surface area contributed by atoms with Gasteiger partial charge < -0.3 is 14.6 Å². The van der Waals surface area contributed by atoms with Crippen LogP contribution in [0.25, 0.3) is 22.3 Å². The Morgan fingerprint density at radius 3 is 2.74 bits per heavy atom. The van der Waals surface area contributed by atoms with Gasteiger partial charge in [-0.1, -0.05) is 19.1 Å². The van der Waals surface area contributed by atoms with Crippen molar-refractivity contribution in [3.05, 3.63) is 47.9 Å². The Hall–Kier alpha value is -2.40. The number of aromatic amines is 1. The molecule has 6 rings (SSSR count). The molecule has 2 aliphatic heterocycles. The van der Waals surface area contributed by atoms with Gasteiger partial charge in [0.2, 0.25) is 0 Å². The van der Waals surface area contributed by atoms with Crippen molar-refractivity contribution in [2.45, 2.75) is 45.1 Å². The van der Waals surface area contributed by atoms with Gasteiger partial charge in [-0.05, 0) is 68.1 Å². The van der Waals surface area contributed by atoms with Crippen molar-refractivity contribution in [3.8, 4) is 11.3 Å². The fourth-order valence-corrected chi connectivity index (χ4v) is 6.05. The zero-order chi connectivity index (χ0) is 20.9. The summed E-state index contributed by atoms with van der Waals surface area (Å²) in [7, 11) is 0. The lowest BCUT2D eigenvalue weighted by atomic mass is 9.91. The minimum atomic E-state index is -0.274. The number of halogens is 1. The minimum absolute atomic E-state index is 0.274. The maximum Gasteiger partial charge on any atom is 0.151 e. The topological polar surface area (TPSA) is 41.1 Å². The highest BCUT2D eigenvalue weighted by molar-refractivity contribution is 5.80. The normalized spacial score (nSPS) is 28.0. The van der Waals surface area contributed by atoms with Crippen molar-refractivity contribution in [1.29, 1.82) is 0 Å². The van der Waals surface area contributed by atoms with Crippen LogP contribution in [-0.2, 0) is 11.2 Å². The molecular weight excluding hydrogens is 389 g/mol. The van der Waals surface area contributed by atoms with Crippen LogP contribution in [-0.4, -0.2) is 35.8 Å². The van der Waals surface area contributed by atoms with E-state index in [-0.39, 0.29) is 5.82 Å². The molecule has 0 bridgehead atoms. The molecule has 162 valence electrons. The molecule has 4 atom stereocenters. The Morgan fingerprint density at radius 1 is 1.13 bits per heavy atom. The van der Waals surface area contributed by atoms with Crippen molar-refractivity contribution >= 4 is 16.7 Å². The summed E-state index contributed by atoms with van der Waals surface area (Å²) in [5.74, 6) is 1.65. The van der Waals surface area contributed by atoms with E-state index in [1.165, 1.54) is 31.4 Å². The van der Waals surface area contributed by atoms with Gasteiger partial charge in [0.1, 0.15) is 5.69 Å². The SMILES string of the molecule is CC1COC2C(Cc3cc4nc(-c5ccc(N6CCCC6)cc5)c(F)cc4[nH]3)CCC12. The molecule has 2 aromatic heterocycles. The molecule has 0 amide bonds. The monoisotopic (exact) mass is 419 g/mol. The number of fused-ring (bicyclic) bond motifs is 2. The Balaban J connectivity index is 1.24. The Bertz CT molecular complexity index is 1090. The third-order valence-corrected chi connectivity index (χ3v) is 7.75. The second-order valence-electron chi connectivity index (χ2n) is 9.77. The van der Waals surface area contributed by atoms with E-state index in [1.54, 1.807) is 6.07 Å². The first kappa shape index (κ1) is 19.3. The quantitative estimate of drug-likeness (QED) is 0.601. The summed E-state index contributed by atoms with van der Waals surface area (Å²) in [6.45, 7) is 5.42. The molecule has 2 saturated heterocycles. The first-order chi connectivity index (χ1) is 15.2. The molecule has 31 heavy (non-hydrogen) atoms. The van der Waals surface area contributed by atoms with Crippen LogP contribution in [0, 0.1) is 23.6 Å². The van der Waals surface area contributed by atoms with Gasteiger partial charge in [-0.25, -0.2) is 9.37 Å². The zero-order valence-electron chi connectivity index (χ0n) is 18.1. The summed E-state index contributed by atoms with van der Waals surface area (Å²) in [5, 5.41) is 0. The van der Waals surface area contributed by atoms with Gasteiger partial charge in [-0.15, -0.1) is 0 Å². The highest BCUT2D eigenvalue weighted by Crippen LogP contribution is 2.44. The van der Waals surface area contributed by atoms with Gasteiger partial charge in [0.15, 0.2) is 5.82 Å². The largest absolute Gasteiger partial charge is 0.377 e. The number of ether oxygens (including phenoxy) is 1. The summed E-state index contributed by atoms with van der Waals surface area (Å²) in [5.41, 5.74) is 5.23. The molecule has 1 saturated carbocycles. The molecule has 5 heteroatoms. The number of H-pyrrole nitrogens is 1. The molecule has 0 spiro atoms. The standard InChI is InChI=1S/C26H30FN3O/c1-16-15-31-26-18(6-9-21(16)26)12-19-13-23-24(28-19)14-22(27)25(29-23)17-4-7-20(8-5-17)30-10-2-3-11-30/h4-5,7-8,13-14,16,18,21,26,28H,2-3,6,9-12,15H2,1H3. The fraction of sp³-hybridized carbons (Fsp3) is 0.500. The van der Waals surface area contributed by atoms with Gasteiger partial charge in [-0.2, -0.15) is 0 Å². The lowest BCUT2D eigenvalue weighted by Crippen LogP contribution is -2.21. The zero-order valence-corrected chi connectivity index (χ0v) is 18.1. The number of nitrogens with zero attached hydrogens (tertiary/aromatic N) is 2. The molecule has 1 N–H and O–H groups in total. The first-order valence-electron chi connectivity index (χ1n) is 11.8. The maximum atomic E-state index is 14.9. The predicted molar refractivity (Wildman–Crippen MR) is 122 cm³/mol. The number of benzene rings is 1. The fourth-order valence-electron chi connectivity index (χ4n) is 6.05. The van der Waals surface area contributed by atoms with Crippen LogP contribution in [0.2, 0.25) is 0 Å². The summed E-state index contributed by atoms with van der Waals surface area (Å²) in [6.07, 6.45) is 6.31.